The lowest BCUT2D eigenvalue weighted by Gasteiger charge is -2.37. The molecule has 0 bridgehead atoms. The number of nitrogens with zero attached hydrogens (tertiary/aromatic N) is 1. The molecule has 0 atom stereocenters. The van der Waals surface area contributed by atoms with Gasteiger partial charge < -0.3 is 9.47 Å². The first-order chi connectivity index (χ1) is 7.59. The van der Waals surface area contributed by atoms with E-state index in [1.165, 1.54) is 12.1 Å². The maximum Gasteiger partial charge on any atom is 0.273 e. The van der Waals surface area contributed by atoms with Crippen molar-refractivity contribution in [3.63, 3.8) is 0 Å². The van der Waals surface area contributed by atoms with Gasteiger partial charge in [-0.25, -0.2) is 0 Å². The second-order valence-electron chi connectivity index (χ2n) is 4.35. The van der Waals surface area contributed by atoms with Gasteiger partial charge in [0.15, 0.2) is 0 Å². The van der Waals surface area contributed by atoms with Crippen molar-refractivity contribution in [3.8, 4) is 5.75 Å². The number of ether oxygens (including phenoxy) is 2. The fourth-order valence-electron chi connectivity index (χ4n) is 1.48. The van der Waals surface area contributed by atoms with Crippen LogP contribution >= 0.6 is 0 Å². The molecule has 0 aliphatic carbocycles. The minimum Gasteiger partial charge on any atom is -0.493 e. The third kappa shape index (κ3) is 2.30. The zero-order valence-corrected chi connectivity index (χ0v) is 9.01. The molecule has 5 nitrogen and oxygen atoms in total. The van der Waals surface area contributed by atoms with Gasteiger partial charge in [-0.1, -0.05) is 13.0 Å². The Kier molecular flexibility index (Phi) is 2.78. The van der Waals surface area contributed by atoms with Gasteiger partial charge in [0.2, 0.25) is 0 Å². The normalized spacial score (nSPS) is 17.6. The zero-order chi connectivity index (χ0) is 11.6. The van der Waals surface area contributed by atoms with E-state index in [4.69, 9.17) is 9.47 Å². The highest BCUT2D eigenvalue weighted by molar-refractivity contribution is 5.37. The molecule has 1 heterocycles. The Morgan fingerprint density at radius 3 is 2.88 bits per heavy atom. The summed E-state index contributed by atoms with van der Waals surface area (Å²) in [5.41, 5.74) is 0.0949. The third-order valence-corrected chi connectivity index (χ3v) is 2.52. The summed E-state index contributed by atoms with van der Waals surface area (Å²) < 4.78 is 10.6. The number of benzene rings is 1. The van der Waals surface area contributed by atoms with Gasteiger partial charge in [0.05, 0.1) is 30.8 Å². The smallest absolute Gasteiger partial charge is 0.273 e. The molecule has 0 unspecified atom stereocenters. The van der Waals surface area contributed by atoms with Crippen molar-refractivity contribution < 1.29 is 14.4 Å². The summed E-state index contributed by atoms with van der Waals surface area (Å²) in [4.78, 5) is 10.1. The molecule has 0 amide bonds. The zero-order valence-electron chi connectivity index (χ0n) is 9.01. The highest BCUT2D eigenvalue weighted by Gasteiger charge is 2.34. The van der Waals surface area contributed by atoms with Crippen LogP contribution in [-0.4, -0.2) is 24.7 Å². The Morgan fingerprint density at radius 1 is 1.56 bits per heavy atom. The Morgan fingerprint density at radius 2 is 2.31 bits per heavy atom. The van der Waals surface area contributed by atoms with E-state index >= 15 is 0 Å². The van der Waals surface area contributed by atoms with Crippen LogP contribution in [0.4, 0.5) is 5.69 Å². The highest BCUT2D eigenvalue weighted by atomic mass is 16.6. The number of rotatable bonds is 4. The lowest BCUT2D eigenvalue weighted by molar-refractivity contribution is -0.384. The van der Waals surface area contributed by atoms with Gasteiger partial charge in [-0.15, -0.1) is 0 Å². The van der Waals surface area contributed by atoms with Crippen molar-refractivity contribution >= 4 is 5.69 Å². The van der Waals surface area contributed by atoms with Crippen LogP contribution in [0.5, 0.6) is 5.75 Å². The first kappa shape index (κ1) is 10.9. The van der Waals surface area contributed by atoms with Crippen LogP contribution in [0.3, 0.4) is 0 Å². The fraction of sp³-hybridized carbons (Fsp3) is 0.455. The van der Waals surface area contributed by atoms with E-state index in [1.54, 1.807) is 12.1 Å². The van der Waals surface area contributed by atoms with Crippen LogP contribution in [0.2, 0.25) is 0 Å². The Labute approximate surface area is 93.1 Å². The molecule has 2 rings (SSSR count). The van der Waals surface area contributed by atoms with E-state index in [2.05, 4.69) is 6.92 Å². The van der Waals surface area contributed by atoms with Gasteiger partial charge in [0.1, 0.15) is 5.75 Å². The van der Waals surface area contributed by atoms with Gasteiger partial charge in [0, 0.05) is 11.5 Å². The third-order valence-electron chi connectivity index (χ3n) is 2.52. The molecule has 1 aromatic carbocycles. The second kappa shape index (κ2) is 4.09. The van der Waals surface area contributed by atoms with Crippen molar-refractivity contribution in [2.24, 2.45) is 5.41 Å². The average molecular weight is 223 g/mol. The minimum atomic E-state index is -0.430. The molecule has 0 N–H and O–H groups in total. The van der Waals surface area contributed by atoms with E-state index in [9.17, 15) is 10.1 Å². The molecule has 1 aliphatic rings. The Hall–Kier alpha value is -1.62. The monoisotopic (exact) mass is 223 g/mol. The van der Waals surface area contributed by atoms with Crippen molar-refractivity contribution in [2.75, 3.05) is 19.8 Å². The van der Waals surface area contributed by atoms with Crippen molar-refractivity contribution in [1.82, 2.24) is 0 Å². The van der Waals surface area contributed by atoms with Crippen LogP contribution in [-0.2, 0) is 4.74 Å². The summed E-state index contributed by atoms with van der Waals surface area (Å²) in [6.45, 7) is 3.95. The largest absolute Gasteiger partial charge is 0.493 e. The molecule has 5 heteroatoms. The highest BCUT2D eigenvalue weighted by Crippen LogP contribution is 2.28. The molecule has 1 aromatic rings. The molecule has 0 spiro atoms. The van der Waals surface area contributed by atoms with Gasteiger partial charge in [-0.2, -0.15) is 0 Å². The van der Waals surface area contributed by atoms with Crippen molar-refractivity contribution in [3.05, 3.63) is 34.4 Å². The van der Waals surface area contributed by atoms with Gasteiger partial charge in [0.25, 0.3) is 5.69 Å². The first-order valence-corrected chi connectivity index (χ1v) is 5.04. The van der Waals surface area contributed by atoms with Crippen molar-refractivity contribution in [1.29, 1.82) is 0 Å². The maximum atomic E-state index is 10.6. The van der Waals surface area contributed by atoms with Crippen LogP contribution in [0, 0.1) is 15.5 Å². The fourth-order valence-corrected chi connectivity index (χ4v) is 1.48. The topological polar surface area (TPSA) is 61.6 Å². The quantitative estimate of drug-likeness (QED) is 0.578. The number of non-ortho nitro benzene ring substituents is 1. The van der Waals surface area contributed by atoms with Crippen LogP contribution in [0.15, 0.2) is 24.3 Å². The summed E-state index contributed by atoms with van der Waals surface area (Å²) in [7, 11) is 0. The predicted octanol–water partition coefficient (Wildman–Crippen LogP) is 2.01. The van der Waals surface area contributed by atoms with E-state index in [0.29, 0.717) is 25.6 Å². The van der Waals surface area contributed by atoms with Crippen molar-refractivity contribution in [2.45, 2.75) is 6.92 Å². The van der Waals surface area contributed by atoms with Gasteiger partial charge in [-0.3, -0.25) is 10.1 Å². The lowest BCUT2D eigenvalue weighted by Crippen LogP contribution is -2.44. The van der Waals surface area contributed by atoms with E-state index in [-0.39, 0.29) is 11.1 Å². The summed E-state index contributed by atoms with van der Waals surface area (Å²) >= 11 is 0. The maximum absolute atomic E-state index is 10.6. The molecule has 1 fully saturated rings. The minimum absolute atomic E-state index is 0.0463. The lowest BCUT2D eigenvalue weighted by atomic mass is 9.90. The standard InChI is InChI=1S/C11H13NO4/c1-11(6-15-7-11)8-16-10-4-2-3-9(5-10)12(13)14/h2-5H,6-8H2,1H3. The summed E-state index contributed by atoms with van der Waals surface area (Å²) in [6.07, 6.45) is 0. The van der Waals surface area contributed by atoms with Gasteiger partial charge >= 0.3 is 0 Å². The summed E-state index contributed by atoms with van der Waals surface area (Å²) in [6, 6.07) is 6.22. The molecule has 0 radical (unpaired) electrons. The number of nitro groups is 1. The Bertz CT molecular complexity index is 401. The van der Waals surface area contributed by atoms with E-state index in [1.807, 2.05) is 0 Å². The molecule has 1 aliphatic heterocycles. The Balaban J connectivity index is 1.98. The predicted molar refractivity (Wildman–Crippen MR) is 57.5 cm³/mol. The molecular weight excluding hydrogens is 210 g/mol. The second-order valence-corrected chi connectivity index (χ2v) is 4.35. The van der Waals surface area contributed by atoms with Crippen LogP contribution in [0.1, 0.15) is 6.92 Å². The SMILES string of the molecule is CC1(COc2cccc([N+](=O)[O-])c2)COC1. The first-order valence-electron chi connectivity index (χ1n) is 5.04. The average Bonchev–Trinajstić information content (AvgIpc) is 2.24. The number of nitro benzene ring substituents is 1. The summed E-state index contributed by atoms with van der Waals surface area (Å²) in [5, 5.41) is 10.6. The number of hydrogen-bond acceptors (Lipinski definition) is 4. The molecule has 1 saturated heterocycles. The molecule has 86 valence electrons. The summed E-state index contributed by atoms with van der Waals surface area (Å²) in [5.74, 6) is 0.530. The van der Waals surface area contributed by atoms with E-state index < -0.39 is 4.92 Å². The molecule has 16 heavy (non-hydrogen) atoms. The molecule has 0 aromatic heterocycles. The van der Waals surface area contributed by atoms with Gasteiger partial charge in [-0.05, 0) is 6.07 Å². The van der Waals surface area contributed by atoms with E-state index in [0.717, 1.165) is 0 Å². The molecular formula is C11H13NO4. The van der Waals surface area contributed by atoms with Crippen LogP contribution in [0.25, 0.3) is 0 Å². The number of hydrogen-bond donors (Lipinski definition) is 0. The molecule has 0 saturated carbocycles. The van der Waals surface area contributed by atoms with Crippen LogP contribution < -0.4 is 4.74 Å².